The van der Waals surface area contributed by atoms with Crippen molar-refractivity contribution in [2.45, 2.75) is 13.3 Å². The van der Waals surface area contributed by atoms with E-state index >= 15 is 0 Å². The van der Waals surface area contributed by atoms with Crippen LogP contribution >= 0.6 is 11.6 Å². The Kier molecular flexibility index (Phi) is 3.87. The molecule has 1 heterocycles. The zero-order chi connectivity index (χ0) is 13.1. The van der Waals surface area contributed by atoms with Gasteiger partial charge in [0.25, 0.3) is 0 Å². The Bertz CT molecular complexity index is 458. The van der Waals surface area contributed by atoms with Gasteiger partial charge in [-0.3, -0.25) is 9.59 Å². The van der Waals surface area contributed by atoms with Crippen molar-refractivity contribution in [1.82, 2.24) is 0 Å². The average molecular weight is 268 g/mol. The summed E-state index contributed by atoms with van der Waals surface area (Å²) in [6, 6.07) is 6.99. The number of nitrogens with zero attached hydrogens (tertiary/aromatic N) is 1. The van der Waals surface area contributed by atoms with Gasteiger partial charge in [-0.1, -0.05) is 11.6 Å². The van der Waals surface area contributed by atoms with Crippen molar-refractivity contribution in [1.29, 1.82) is 0 Å². The van der Waals surface area contributed by atoms with Gasteiger partial charge < -0.3 is 9.64 Å². The number of rotatable bonds is 3. The number of ether oxygens (including phenoxy) is 1. The van der Waals surface area contributed by atoms with Crippen LogP contribution in [0.1, 0.15) is 13.3 Å². The maximum atomic E-state index is 11.9. The third-order valence-corrected chi connectivity index (χ3v) is 3.14. The summed E-state index contributed by atoms with van der Waals surface area (Å²) in [6.45, 7) is 2.47. The molecule has 18 heavy (non-hydrogen) atoms. The van der Waals surface area contributed by atoms with Crippen LogP contribution in [-0.2, 0) is 14.3 Å². The van der Waals surface area contributed by atoms with E-state index in [2.05, 4.69) is 0 Å². The average Bonchev–Trinajstić information content (AvgIpc) is 2.73. The molecule has 0 N–H and O–H groups in total. The van der Waals surface area contributed by atoms with E-state index in [-0.39, 0.29) is 24.2 Å². The number of anilines is 1. The van der Waals surface area contributed by atoms with Crippen molar-refractivity contribution < 1.29 is 14.3 Å². The Balaban J connectivity index is 2.10. The van der Waals surface area contributed by atoms with Gasteiger partial charge in [0.2, 0.25) is 5.91 Å². The second-order valence-corrected chi connectivity index (χ2v) is 4.57. The molecule has 1 saturated heterocycles. The molecule has 4 nitrogen and oxygen atoms in total. The summed E-state index contributed by atoms with van der Waals surface area (Å²) in [7, 11) is 0. The van der Waals surface area contributed by atoms with E-state index in [9.17, 15) is 9.59 Å². The van der Waals surface area contributed by atoms with Gasteiger partial charge in [0.05, 0.1) is 12.5 Å². The summed E-state index contributed by atoms with van der Waals surface area (Å²) >= 11 is 5.80. The van der Waals surface area contributed by atoms with Crippen molar-refractivity contribution in [3.63, 3.8) is 0 Å². The van der Waals surface area contributed by atoms with Crippen LogP contribution in [-0.4, -0.2) is 25.0 Å². The zero-order valence-corrected chi connectivity index (χ0v) is 10.8. The van der Waals surface area contributed by atoms with Gasteiger partial charge in [0.15, 0.2) is 0 Å². The molecule has 0 bridgehead atoms. The maximum absolute atomic E-state index is 11.9. The summed E-state index contributed by atoms with van der Waals surface area (Å²) in [5.74, 6) is -0.731. The molecule has 1 amide bonds. The van der Waals surface area contributed by atoms with Gasteiger partial charge in [-0.2, -0.15) is 0 Å². The van der Waals surface area contributed by atoms with Crippen LogP contribution in [0.25, 0.3) is 0 Å². The summed E-state index contributed by atoms with van der Waals surface area (Å²) < 4.78 is 4.94. The Hall–Kier alpha value is -1.55. The maximum Gasteiger partial charge on any atom is 0.311 e. The van der Waals surface area contributed by atoms with Crippen LogP contribution in [0, 0.1) is 5.92 Å². The number of halogens is 1. The highest BCUT2D eigenvalue weighted by Gasteiger charge is 2.35. The second-order valence-electron chi connectivity index (χ2n) is 4.13. The lowest BCUT2D eigenvalue weighted by atomic mass is 10.1. The summed E-state index contributed by atoms with van der Waals surface area (Å²) in [4.78, 5) is 25.1. The van der Waals surface area contributed by atoms with Gasteiger partial charge in [0.1, 0.15) is 0 Å². The Morgan fingerprint density at radius 1 is 1.44 bits per heavy atom. The van der Waals surface area contributed by atoms with E-state index in [0.717, 1.165) is 5.69 Å². The van der Waals surface area contributed by atoms with Crippen molar-refractivity contribution in [2.75, 3.05) is 18.1 Å². The van der Waals surface area contributed by atoms with Crippen molar-refractivity contribution in [3.8, 4) is 0 Å². The third-order valence-electron chi connectivity index (χ3n) is 2.88. The highest BCUT2D eigenvalue weighted by Crippen LogP contribution is 2.26. The highest BCUT2D eigenvalue weighted by molar-refractivity contribution is 6.30. The van der Waals surface area contributed by atoms with E-state index in [1.807, 2.05) is 0 Å². The molecule has 0 spiro atoms. The normalized spacial score (nSPS) is 19.1. The second kappa shape index (κ2) is 5.40. The molecule has 1 fully saturated rings. The lowest BCUT2D eigenvalue weighted by Gasteiger charge is -2.16. The molecular weight excluding hydrogens is 254 g/mol. The van der Waals surface area contributed by atoms with Crippen molar-refractivity contribution in [2.24, 2.45) is 5.92 Å². The predicted octanol–water partition coefficient (Wildman–Crippen LogP) is 2.26. The Morgan fingerprint density at radius 2 is 2.11 bits per heavy atom. The first-order valence-corrected chi connectivity index (χ1v) is 6.22. The number of benzene rings is 1. The number of carbonyl (C=O) groups excluding carboxylic acids is 2. The molecule has 0 unspecified atom stereocenters. The molecule has 5 heteroatoms. The standard InChI is InChI=1S/C13H14ClNO3/c1-2-18-13(17)9-7-12(16)15(8-9)11-5-3-10(14)4-6-11/h3-6,9H,2,7-8H2,1H3/t9-/m0/s1. The molecule has 1 atom stereocenters. The molecule has 0 radical (unpaired) electrons. The SMILES string of the molecule is CCOC(=O)[C@H]1CC(=O)N(c2ccc(Cl)cc2)C1. The smallest absolute Gasteiger partial charge is 0.311 e. The molecule has 1 aliphatic rings. The van der Waals surface area contributed by atoms with E-state index in [1.165, 1.54) is 0 Å². The molecule has 0 aliphatic carbocycles. The molecule has 1 aliphatic heterocycles. The summed E-state index contributed by atoms with van der Waals surface area (Å²) in [6.07, 6.45) is 0.210. The van der Waals surface area contributed by atoms with Crippen LogP contribution in [0.2, 0.25) is 5.02 Å². The first kappa shape index (κ1) is 12.9. The minimum Gasteiger partial charge on any atom is -0.466 e. The van der Waals surface area contributed by atoms with E-state index in [1.54, 1.807) is 36.1 Å². The van der Waals surface area contributed by atoms with Crippen LogP contribution in [0.5, 0.6) is 0 Å². The van der Waals surface area contributed by atoms with Crippen molar-refractivity contribution >= 4 is 29.2 Å². The first-order chi connectivity index (χ1) is 8.61. The first-order valence-electron chi connectivity index (χ1n) is 5.84. The number of hydrogen-bond acceptors (Lipinski definition) is 3. The molecule has 2 rings (SSSR count). The quantitative estimate of drug-likeness (QED) is 0.789. The molecule has 96 valence electrons. The Labute approximate surface area is 110 Å². The van der Waals surface area contributed by atoms with Gasteiger partial charge in [-0.15, -0.1) is 0 Å². The molecule has 0 aromatic heterocycles. The van der Waals surface area contributed by atoms with E-state index in [4.69, 9.17) is 16.3 Å². The molecule has 1 aromatic rings. The zero-order valence-electron chi connectivity index (χ0n) is 10.1. The summed E-state index contributed by atoms with van der Waals surface area (Å²) in [5.41, 5.74) is 0.760. The molecule has 1 aromatic carbocycles. The van der Waals surface area contributed by atoms with Crippen LogP contribution in [0.3, 0.4) is 0 Å². The summed E-state index contributed by atoms with van der Waals surface area (Å²) in [5, 5.41) is 0.618. The fourth-order valence-electron chi connectivity index (χ4n) is 2.00. The molecule has 0 saturated carbocycles. The largest absolute Gasteiger partial charge is 0.466 e. The lowest BCUT2D eigenvalue weighted by molar-refractivity contribution is -0.147. The van der Waals surface area contributed by atoms with Gasteiger partial charge >= 0.3 is 5.97 Å². The number of amides is 1. The predicted molar refractivity (Wildman–Crippen MR) is 68.5 cm³/mol. The fraction of sp³-hybridized carbons (Fsp3) is 0.385. The highest BCUT2D eigenvalue weighted by atomic mass is 35.5. The number of esters is 1. The number of carbonyl (C=O) groups is 2. The van der Waals surface area contributed by atoms with E-state index < -0.39 is 0 Å². The number of hydrogen-bond donors (Lipinski definition) is 0. The minimum absolute atomic E-state index is 0.0598. The van der Waals surface area contributed by atoms with Gasteiger partial charge in [-0.25, -0.2) is 0 Å². The topological polar surface area (TPSA) is 46.6 Å². The molecular formula is C13H14ClNO3. The lowest BCUT2D eigenvalue weighted by Crippen LogP contribution is -2.26. The third kappa shape index (κ3) is 2.64. The van der Waals surface area contributed by atoms with Crippen LogP contribution in [0.15, 0.2) is 24.3 Å². The minimum atomic E-state index is -0.367. The van der Waals surface area contributed by atoms with E-state index in [0.29, 0.717) is 18.2 Å². The monoisotopic (exact) mass is 267 g/mol. The van der Waals surface area contributed by atoms with Crippen molar-refractivity contribution in [3.05, 3.63) is 29.3 Å². The van der Waals surface area contributed by atoms with Crippen LogP contribution in [0.4, 0.5) is 5.69 Å². The fourth-order valence-corrected chi connectivity index (χ4v) is 2.12. The van der Waals surface area contributed by atoms with Gasteiger partial charge in [-0.05, 0) is 31.2 Å². The van der Waals surface area contributed by atoms with Gasteiger partial charge in [0, 0.05) is 23.7 Å². The Morgan fingerprint density at radius 3 is 2.72 bits per heavy atom. The van der Waals surface area contributed by atoms with Crippen LogP contribution < -0.4 is 4.90 Å².